The fraction of sp³-hybridized carbons (Fsp3) is 0.348. The number of amides is 2. The monoisotopic (exact) mass is 407 g/mol. The van der Waals surface area contributed by atoms with Crippen molar-refractivity contribution in [2.24, 2.45) is 5.92 Å². The highest BCUT2D eigenvalue weighted by Crippen LogP contribution is 2.25. The predicted molar refractivity (Wildman–Crippen MR) is 115 cm³/mol. The Morgan fingerprint density at radius 3 is 2.62 bits per heavy atom. The average Bonchev–Trinajstić information content (AvgIpc) is 3.13. The third kappa shape index (κ3) is 4.32. The molecule has 29 heavy (non-hydrogen) atoms. The third-order valence-electron chi connectivity index (χ3n) is 5.21. The normalized spacial score (nSPS) is 16.1. The number of rotatable bonds is 5. The van der Waals surface area contributed by atoms with Crippen LogP contribution in [0.4, 0.5) is 0 Å². The van der Waals surface area contributed by atoms with Gasteiger partial charge in [-0.3, -0.25) is 9.59 Å². The number of hydrogen-bond donors (Lipinski definition) is 1. The first-order valence-electron chi connectivity index (χ1n) is 9.99. The van der Waals surface area contributed by atoms with Gasteiger partial charge >= 0.3 is 0 Å². The number of carbonyl (C=O) groups excluding carboxylic acids is 2. The molecule has 1 aromatic heterocycles. The molecule has 0 saturated carbocycles. The van der Waals surface area contributed by atoms with Crippen LogP contribution in [0, 0.1) is 5.92 Å². The SMILES string of the molecule is CC(C)CC(=O)N1Cc2ccccc2CC1C(=O)NCc1nc2ccccc2s1. The molecule has 5 nitrogen and oxygen atoms in total. The van der Waals surface area contributed by atoms with Gasteiger partial charge in [0, 0.05) is 19.4 Å². The van der Waals surface area contributed by atoms with Gasteiger partial charge in [-0.25, -0.2) is 4.98 Å². The summed E-state index contributed by atoms with van der Waals surface area (Å²) >= 11 is 1.58. The molecule has 0 spiro atoms. The van der Waals surface area contributed by atoms with Crippen molar-refractivity contribution in [3.8, 4) is 0 Å². The zero-order chi connectivity index (χ0) is 20.4. The van der Waals surface area contributed by atoms with Gasteiger partial charge in [-0.05, 0) is 29.2 Å². The zero-order valence-electron chi connectivity index (χ0n) is 16.7. The molecule has 0 saturated heterocycles. The number of para-hydroxylation sites is 1. The van der Waals surface area contributed by atoms with E-state index in [0.29, 0.717) is 25.9 Å². The van der Waals surface area contributed by atoms with Gasteiger partial charge in [-0.15, -0.1) is 11.3 Å². The largest absolute Gasteiger partial charge is 0.348 e. The fourth-order valence-corrected chi connectivity index (χ4v) is 4.67. The van der Waals surface area contributed by atoms with Crippen molar-refractivity contribution in [2.75, 3.05) is 0 Å². The highest BCUT2D eigenvalue weighted by atomic mass is 32.1. The van der Waals surface area contributed by atoms with Gasteiger partial charge < -0.3 is 10.2 Å². The minimum Gasteiger partial charge on any atom is -0.348 e. The van der Waals surface area contributed by atoms with E-state index in [1.165, 1.54) is 0 Å². The van der Waals surface area contributed by atoms with Crippen LogP contribution < -0.4 is 5.32 Å². The first kappa shape index (κ1) is 19.6. The van der Waals surface area contributed by atoms with Crippen LogP contribution in [0.2, 0.25) is 0 Å². The van der Waals surface area contributed by atoms with Crippen molar-refractivity contribution in [2.45, 2.75) is 45.8 Å². The van der Waals surface area contributed by atoms with Crippen molar-refractivity contribution in [3.63, 3.8) is 0 Å². The molecule has 0 radical (unpaired) electrons. The number of nitrogens with one attached hydrogen (secondary N) is 1. The van der Waals surface area contributed by atoms with E-state index in [9.17, 15) is 9.59 Å². The van der Waals surface area contributed by atoms with Crippen LogP contribution in [0.15, 0.2) is 48.5 Å². The first-order chi connectivity index (χ1) is 14.0. The summed E-state index contributed by atoms with van der Waals surface area (Å²) in [4.78, 5) is 32.3. The van der Waals surface area contributed by atoms with E-state index in [4.69, 9.17) is 0 Å². The van der Waals surface area contributed by atoms with Gasteiger partial charge in [-0.2, -0.15) is 0 Å². The summed E-state index contributed by atoms with van der Waals surface area (Å²) in [7, 11) is 0. The Hall–Kier alpha value is -2.73. The minimum absolute atomic E-state index is 0.0367. The highest BCUT2D eigenvalue weighted by Gasteiger charge is 2.34. The van der Waals surface area contributed by atoms with Crippen LogP contribution in [0.25, 0.3) is 10.2 Å². The van der Waals surface area contributed by atoms with E-state index >= 15 is 0 Å². The summed E-state index contributed by atoms with van der Waals surface area (Å²) in [5.41, 5.74) is 3.21. The Balaban J connectivity index is 1.51. The van der Waals surface area contributed by atoms with Crippen molar-refractivity contribution in [1.29, 1.82) is 0 Å². The maximum absolute atomic E-state index is 13.1. The molecule has 1 unspecified atom stereocenters. The molecule has 1 aliphatic rings. The molecule has 150 valence electrons. The standard InChI is InChI=1S/C23H25N3O2S/c1-15(2)11-22(27)26-14-17-8-4-3-7-16(17)12-19(26)23(28)24-13-21-25-18-9-5-6-10-20(18)29-21/h3-10,15,19H,11-14H2,1-2H3,(H,24,28). The van der Waals surface area contributed by atoms with Gasteiger partial charge in [0.05, 0.1) is 16.8 Å². The van der Waals surface area contributed by atoms with E-state index in [0.717, 1.165) is 26.4 Å². The number of aromatic nitrogens is 1. The Kier molecular flexibility index (Phi) is 5.62. The predicted octanol–water partition coefficient (Wildman–Crippen LogP) is 3.91. The van der Waals surface area contributed by atoms with E-state index in [2.05, 4.69) is 10.3 Å². The van der Waals surface area contributed by atoms with Crippen molar-refractivity contribution in [3.05, 3.63) is 64.7 Å². The molecule has 2 aromatic carbocycles. The van der Waals surface area contributed by atoms with Crippen molar-refractivity contribution >= 4 is 33.4 Å². The second-order valence-electron chi connectivity index (χ2n) is 7.90. The second-order valence-corrected chi connectivity index (χ2v) is 9.02. The van der Waals surface area contributed by atoms with E-state index in [1.807, 2.05) is 62.4 Å². The minimum atomic E-state index is -0.481. The van der Waals surface area contributed by atoms with Crippen LogP contribution in [0.1, 0.15) is 36.4 Å². The number of benzene rings is 2. The molecule has 0 fully saturated rings. The van der Waals surface area contributed by atoms with Gasteiger partial charge in [0.1, 0.15) is 11.0 Å². The number of nitrogens with zero attached hydrogens (tertiary/aromatic N) is 2. The summed E-state index contributed by atoms with van der Waals surface area (Å²) in [6.07, 6.45) is 0.996. The van der Waals surface area contributed by atoms with Gasteiger partial charge in [0.15, 0.2) is 0 Å². The number of carbonyl (C=O) groups is 2. The van der Waals surface area contributed by atoms with Crippen LogP contribution in [0.5, 0.6) is 0 Å². The van der Waals surface area contributed by atoms with Gasteiger partial charge in [-0.1, -0.05) is 50.2 Å². The molecule has 1 atom stereocenters. The zero-order valence-corrected chi connectivity index (χ0v) is 17.5. The molecule has 0 bridgehead atoms. The van der Waals surface area contributed by atoms with Gasteiger partial charge in [0.2, 0.25) is 11.8 Å². The Bertz CT molecular complexity index is 1010. The molecule has 1 N–H and O–H groups in total. The van der Waals surface area contributed by atoms with E-state index < -0.39 is 6.04 Å². The Morgan fingerprint density at radius 2 is 1.86 bits per heavy atom. The second kappa shape index (κ2) is 8.33. The van der Waals surface area contributed by atoms with Crippen molar-refractivity contribution < 1.29 is 9.59 Å². The van der Waals surface area contributed by atoms with Crippen LogP contribution in [-0.4, -0.2) is 27.7 Å². The fourth-order valence-electron chi connectivity index (χ4n) is 3.76. The summed E-state index contributed by atoms with van der Waals surface area (Å²) in [5.74, 6) is 0.177. The topological polar surface area (TPSA) is 62.3 Å². The number of thiazole rings is 1. The highest BCUT2D eigenvalue weighted by molar-refractivity contribution is 7.18. The number of fused-ring (bicyclic) bond motifs is 2. The molecule has 3 aromatic rings. The average molecular weight is 408 g/mol. The van der Waals surface area contributed by atoms with Crippen LogP contribution in [0.3, 0.4) is 0 Å². The molecular weight excluding hydrogens is 382 g/mol. The molecule has 6 heteroatoms. The van der Waals surface area contributed by atoms with E-state index in [1.54, 1.807) is 16.2 Å². The number of hydrogen-bond acceptors (Lipinski definition) is 4. The summed E-state index contributed by atoms with van der Waals surface area (Å²) in [5, 5.41) is 3.88. The molecule has 0 aliphatic carbocycles. The lowest BCUT2D eigenvalue weighted by Crippen LogP contribution is -2.52. The maximum atomic E-state index is 13.1. The lowest BCUT2D eigenvalue weighted by molar-refractivity contribution is -0.142. The smallest absolute Gasteiger partial charge is 0.243 e. The quantitative estimate of drug-likeness (QED) is 0.697. The first-order valence-corrected chi connectivity index (χ1v) is 10.8. The van der Waals surface area contributed by atoms with Crippen molar-refractivity contribution in [1.82, 2.24) is 15.2 Å². The maximum Gasteiger partial charge on any atom is 0.243 e. The summed E-state index contributed by atoms with van der Waals surface area (Å²) in [6, 6.07) is 15.5. The molecule has 4 rings (SSSR count). The molecule has 2 heterocycles. The Morgan fingerprint density at radius 1 is 1.14 bits per heavy atom. The van der Waals surface area contributed by atoms with Crippen LogP contribution in [-0.2, 0) is 29.1 Å². The third-order valence-corrected chi connectivity index (χ3v) is 6.24. The summed E-state index contributed by atoms with van der Waals surface area (Å²) < 4.78 is 1.11. The Labute approximate surface area is 174 Å². The lowest BCUT2D eigenvalue weighted by atomic mass is 9.92. The summed E-state index contributed by atoms with van der Waals surface area (Å²) in [6.45, 7) is 4.92. The lowest BCUT2D eigenvalue weighted by Gasteiger charge is -2.36. The van der Waals surface area contributed by atoms with E-state index in [-0.39, 0.29) is 17.7 Å². The van der Waals surface area contributed by atoms with Crippen LogP contribution >= 0.6 is 11.3 Å². The molecular formula is C23H25N3O2S. The molecule has 1 aliphatic heterocycles. The van der Waals surface area contributed by atoms with Gasteiger partial charge in [0.25, 0.3) is 0 Å². The molecule has 2 amide bonds.